The van der Waals surface area contributed by atoms with Gasteiger partial charge in [0, 0.05) is 13.6 Å². The third kappa shape index (κ3) is 3.04. The minimum atomic E-state index is -0.512. The number of nitrogens with two attached hydrogens (primary N) is 1. The number of fused-ring (bicyclic) bond motifs is 1. The quantitative estimate of drug-likeness (QED) is 0.914. The van der Waals surface area contributed by atoms with Crippen LogP contribution in [-0.4, -0.2) is 30.7 Å². The molecule has 1 atom stereocenters. The summed E-state index contributed by atoms with van der Waals surface area (Å²) in [6, 6.07) is 5.18. The fourth-order valence-corrected chi connectivity index (χ4v) is 2.00. The van der Waals surface area contributed by atoms with E-state index in [9.17, 15) is 4.79 Å². The minimum absolute atomic E-state index is 0.0600. The van der Waals surface area contributed by atoms with Crippen molar-refractivity contribution < 1.29 is 14.3 Å². The number of carbonyl (C=O) groups is 1. The molecule has 1 heterocycles. The fraction of sp³-hybridized carbons (Fsp3) is 0.533. The number of likely N-dealkylation sites (N-methyl/N-ethyl adjacent to an activating group) is 1. The summed E-state index contributed by atoms with van der Waals surface area (Å²) in [5, 5.41) is 0. The van der Waals surface area contributed by atoms with Crippen molar-refractivity contribution in [3.8, 4) is 11.5 Å². The lowest BCUT2D eigenvalue weighted by molar-refractivity contribution is -0.134. The first-order valence-electron chi connectivity index (χ1n) is 6.68. The summed E-state index contributed by atoms with van der Waals surface area (Å²) in [4.78, 5) is 13.9. The van der Waals surface area contributed by atoms with Gasteiger partial charge in [0.25, 0.3) is 0 Å². The Morgan fingerprint density at radius 2 is 2.00 bits per heavy atom. The van der Waals surface area contributed by atoms with Crippen LogP contribution in [-0.2, 0) is 11.3 Å². The van der Waals surface area contributed by atoms with Gasteiger partial charge in [0.1, 0.15) is 0 Å². The van der Waals surface area contributed by atoms with Gasteiger partial charge in [-0.1, -0.05) is 26.8 Å². The molecule has 0 aliphatic carbocycles. The van der Waals surface area contributed by atoms with Gasteiger partial charge in [-0.25, -0.2) is 0 Å². The Morgan fingerprint density at radius 3 is 2.65 bits per heavy atom. The van der Waals surface area contributed by atoms with Crippen molar-refractivity contribution in [1.82, 2.24) is 4.90 Å². The maximum absolute atomic E-state index is 12.3. The molecule has 1 aliphatic heterocycles. The number of ether oxygens (including phenoxy) is 2. The first-order chi connectivity index (χ1) is 9.29. The van der Waals surface area contributed by atoms with Crippen molar-refractivity contribution in [2.75, 3.05) is 13.8 Å². The Kier molecular flexibility index (Phi) is 3.90. The van der Waals surface area contributed by atoms with Crippen LogP contribution >= 0.6 is 0 Å². The zero-order valence-corrected chi connectivity index (χ0v) is 12.5. The van der Waals surface area contributed by atoms with E-state index in [-0.39, 0.29) is 18.1 Å². The molecule has 0 radical (unpaired) electrons. The Morgan fingerprint density at radius 1 is 1.35 bits per heavy atom. The Bertz CT molecular complexity index is 508. The number of carbonyl (C=O) groups excluding carboxylic acids is 1. The molecule has 0 saturated carbocycles. The van der Waals surface area contributed by atoms with E-state index in [1.165, 1.54) is 0 Å². The molecule has 2 rings (SSSR count). The Labute approximate surface area is 119 Å². The molecular formula is C15H22N2O3. The molecular weight excluding hydrogens is 256 g/mol. The molecule has 20 heavy (non-hydrogen) atoms. The van der Waals surface area contributed by atoms with E-state index in [0.717, 1.165) is 17.1 Å². The average Bonchev–Trinajstić information content (AvgIpc) is 2.83. The van der Waals surface area contributed by atoms with Crippen LogP contribution in [0.4, 0.5) is 0 Å². The second-order valence-electron chi connectivity index (χ2n) is 6.23. The number of hydrogen-bond acceptors (Lipinski definition) is 4. The highest BCUT2D eigenvalue weighted by Gasteiger charge is 2.29. The van der Waals surface area contributed by atoms with Crippen molar-refractivity contribution in [1.29, 1.82) is 0 Å². The van der Waals surface area contributed by atoms with Gasteiger partial charge in [0.15, 0.2) is 11.5 Å². The highest BCUT2D eigenvalue weighted by atomic mass is 16.7. The maximum atomic E-state index is 12.3. The highest BCUT2D eigenvalue weighted by molar-refractivity contribution is 5.82. The summed E-state index contributed by atoms with van der Waals surface area (Å²) in [7, 11) is 1.76. The van der Waals surface area contributed by atoms with E-state index >= 15 is 0 Å². The van der Waals surface area contributed by atoms with Crippen LogP contribution < -0.4 is 15.2 Å². The van der Waals surface area contributed by atoms with Gasteiger partial charge in [0.2, 0.25) is 12.7 Å². The molecule has 0 fully saturated rings. The first kappa shape index (κ1) is 14.7. The summed E-state index contributed by atoms with van der Waals surface area (Å²) in [5.41, 5.74) is 6.75. The van der Waals surface area contributed by atoms with Crippen LogP contribution in [0.5, 0.6) is 11.5 Å². The second-order valence-corrected chi connectivity index (χ2v) is 6.23. The van der Waals surface area contributed by atoms with Crippen molar-refractivity contribution in [3.63, 3.8) is 0 Å². The minimum Gasteiger partial charge on any atom is -0.454 e. The monoisotopic (exact) mass is 278 g/mol. The normalized spacial score (nSPS) is 15.1. The molecule has 5 heteroatoms. The summed E-state index contributed by atoms with van der Waals surface area (Å²) in [5.74, 6) is 1.41. The topological polar surface area (TPSA) is 64.8 Å². The van der Waals surface area contributed by atoms with Crippen molar-refractivity contribution in [3.05, 3.63) is 23.8 Å². The van der Waals surface area contributed by atoms with Crippen LogP contribution in [0, 0.1) is 5.41 Å². The maximum Gasteiger partial charge on any atom is 0.240 e. The fourth-order valence-electron chi connectivity index (χ4n) is 2.00. The molecule has 1 amide bonds. The van der Waals surface area contributed by atoms with E-state index in [1.54, 1.807) is 11.9 Å². The van der Waals surface area contributed by atoms with E-state index in [2.05, 4.69) is 0 Å². The molecule has 5 nitrogen and oxygen atoms in total. The summed E-state index contributed by atoms with van der Waals surface area (Å²) < 4.78 is 10.6. The molecule has 2 N–H and O–H groups in total. The van der Waals surface area contributed by atoms with Gasteiger partial charge in [-0.05, 0) is 23.1 Å². The third-order valence-electron chi connectivity index (χ3n) is 3.43. The highest BCUT2D eigenvalue weighted by Crippen LogP contribution is 2.32. The molecule has 0 bridgehead atoms. The SMILES string of the molecule is CN(Cc1ccc2c(c1)OCO2)C(=O)[C@@H](N)C(C)(C)C. The van der Waals surface area contributed by atoms with Gasteiger partial charge in [-0.15, -0.1) is 0 Å². The number of benzene rings is 1. The summed E-state index contributed by atoms with van der Waals surface area (Å²) in [6.07, 6.45) is 0. The molecule has 0 unspecified atom stereocenters. The van der Waals surface area contributed by atoms with Crippen molar-refractivity contribution >= 4 is 5.91 Å². The Balaban J connectivity index is 2.04. The lowest BCUT2D eigenvalue weighted by Crippen LogP contribution is -2.48. The largest absolute Gasteiger partial charge is 0.454 e. The van der Waals surface area contributed by atoms with E-state index in [4.69, 9.17) is 15.2 Å². The number of rotatable bonds is 3. The number of amides is 1. The molecule has 0 aromatic heterocycles. The molecule has 1 aliphatic rings. The van der Waals surface area contributed by atoms with E-state index in [1.807, 2.05) is 39.0 Å². The van der Waals surface area contributed by atoms with Crippen LogP contribution in [0.1, 0.15) is 26.3 Å². The standard InChI is InChI=1S/C15H22N2O3/c1-15(2,3)13(16)14(18)17(4)8-10-5-6-11-12(7-10)20-9-19-11/h5-7,13H,8-9,16H2,1-4H3/t13-/m1/s1. The van der Waals surface area contributed by atoms with Crippen molar-refractivity contribution in [2.24, 2.45) is 11.1 Å². The third-order valence-corrected chi connectivity index (χ3v) is 3.43. The van der Waals surface area contributed by atoms with E-state index < -0.39 is 6.04 Å². The number of nitrogens with zero attached hydrogens (tertiary/aromatic N) is 1. The predicted octanol–water partition coefficient (Wildman–Crippen LogP) is 1.75. The zero-order chi connectivity index (χ0) is 14.9. The van der Waals surface area contributed by atoms with Gasteiger partial charge in [-0.3, -0.25) is 4.79 Å². The van der Waals surface area contributed by atoms with Gasteiger partial charge < -0.3 is 20.1 Å². The molecule has 0 saturated heterocycles. The molecule has 1 aromatic rings. The predicted molar refractivity (Wildman–Crippen MR) is 76.5 cm³/mol. The van der Waals surface area contributed by atoms with Crippen LogP contribution in [0.15, 0.2) is 18.2 Å². The second kappa shape index (κ2) is 5.32. The molecule has 1 aromatic carbocycles. The lowest BCUT2D eigenvalue weighted by atomic mass is 9.86. The van der Waals surface area contributed by atoms with Gasteiger partial charge >= 0.3 is 0 Å². The molecule has 0 spiro atoms. The summed E-state index contributed by atoms with van der Waals surface area (Å²) in [6.45, 7) is 6.64. The average molecular weight is 278 g/mol. The van der Waals surface area contributed by atoms with Crippen LogP contribution in [0.25, 0.3) is 0 Å². The van der Waals surface area contributed by atoms with E-state index in [0.29, 0.717) is 6.54 Å². The van der Waals surface area contributed by atoms with Crippen molar-refractivity contribution in [2.45, 2.75) is 33.4 Å². The zero-order valence-electron chi connectivity index (χ0n) is 12.5. The van der Waals surface area contributed by atoms with Crippen LogP contribution in [0.2, 0.25) is 0 Å². The Hall–Kier alpha value is -1.75. The summed E-state index contributed by atoms with van der Waals surface area (Å²) >= 11 is 0. The first-order valence-corrected chi connectivity index (χ1v) is 6.68. The van der Waals surface area contributed by atoms with Gasteiger partial charge in [-0.2, -0.15) is 0 Å². The number of hydrogen-bond donors (Lipinski definition) is 1. The smallest absolute Gasteiger partial charge is 0.240 e. The van der Waals surface area contributed by atoms with Gasteiger partial charge in [0.05, 0.1) is 6.04 Å². The lowest BCUT2D eigenvalue weighted by Gasteiger charge is -2.30. The van der Waals surface area contributed by atoms with Crippen LogP contribution in [0.3, 0.4) is 0 Å². The molecule has 110 valence electrons.